The predicted octanol–water partition coefficient (Wildman–Crippen LogP) is 1.24. The molecular weight excluding hydrogens is 161 g/mol. The number of allylic oxidation sites excluding steroid dienone is 3. The quantitative estimate of drug-likeness (QED) is 0.512. The second-order valence-corrected chi connectivity index (χ2v) is 2.61. The van der Waals surface area contributed by atoms with E-state index in [0.717, 1.165) is 11.3 Å². The van der Waals surface area contributed by atoms with E-state index in [4.69, 9.17) is 12.6 Å². The molecule has 1 rings (SSSR count). The first-order valence-corrected chi connectivity index (χ1v) is 4.08. The Morgan fingerprint density at radius 3 is 2.92 bits per heavy atom. The van der Waals surface area contributed by atoms with Crippen molar-refractivity contribution in [3.8, 4) is 0 Å². The summed E-state index contributed by atoms with van der Waals surface area (Å²) < 4.78 is 5.33. The summed E-state index contributed by atoms with van der Waals surface area (Å²) in [5.74, 6) is 0.751. The smallest absolute Gasteiger partial charge is 0.149 e. The topological polar surface area (TPSA) is 21.3 Å². The minimum atomic E-state index is -0.437. The molecule has 2 radical (unpaired) electrons. The van der Waals surface area contributed by atoms with Crippen LogP contribution < -0.4 is 5.32 Å². The first-order chi connectivity index (χ1) is 6.27. The van der Waals surface area contributed by atoms with Gasteiger partial charge in [-0.3, -0.25) is 5.32 Å². The Labute approximate surface area is 80.1 Å². The van der Waals surface area contributed by atoms with Crippen LogP contribution in [0.1, 0.15) is 0 Å². The van der Waals surface area contributed by atoms with Gasteiger partial charge in [0.1, 0.15) is 19.7 Å². The molecule has 1 heterocycles. The van der Waals surface area contributed by atoms with Crippen molar-refractivity contribution in [3.63, 3.8) is 0 Å². The van der Waals surface area contributed by atoms with Crippen LogP contribution in [0.4, 0.5) is 0 Å². The maximum Gasteiger partial charge on any atom is 0.149 e. The lowest BCUT2D eigenvalue weighted by molar-refractivity contribution is 0.147. The summed E-state index contributed by atoms with van der Waals surface area (Å²) in [6.45, 7) is 7.95. The van der Waals surface area contributed by atoms with E-state index in [9.17, 15) is 0 Å². The van der Waals surface area contributed by atoms with Gasteiger partial charge in [0, 0.05) is 12.1 Å². The lowest BCUT2D eigenvalue weighted by Gasteiger charge is -2.25. The molecule has 0 saturated carbocycles. The normalized spacial score (nSPS) is 22.9. The molecule has 0 amide bonds. The average molecular weight is 173 g/mol. The van der Waals surface area contributed by atoms with Gasteiger partial charge >= 0.3 is 0 Å². The van der Waals surface area contributed by atoms with Gasteiger partial charge in [-0.05, 0) is 6.08 Å². The molecule has 1 aliphatic heterocycles. The highest BCUT2D eigenvalue weighted by atomic mass is 16.5. The van der Waals surface area contributed by atoms with Gasteiger partial charge in [0.15, 0.2) is 0 Å². The van der Waals surface area contributed by atoms with Crippen molar-refractivity contribution in [2.45, 2.75) is 6.13 Å². The van der Waals surface area contributed by atoms with Gasteiger partial charge in [-0.2, -0.15) is 0 Å². The fraction of sp³-hybridized carbons (Fsp3) is 0.200. The third kappa shape index (κ3) is 2.63. The number of hydrogen-bond acceptors (Lipinski definition) is 2. The minimum absolute atomic E-state index is 0.437. The molecule has 0 aromatic rings. The summed E-state index contributed by atoms with van der Waals surface area (Å²) in [6.07, 6.45) is 6.63. The molecule has 1 atom stereocenters. The monoisotopic (exact) mass is 173 g/mol. The maximum atomic E-state index is 5.55. The lowest BCUT2D eigenvalue weighted by atomic mass is 10.0. The van der Waals surface area contributed by atoms with E-state index >= 15 is 0 Å². The lowest BCUT2D eigenvalue weighted by Crippen LogP contribution is -2.37. The van der Waals surface area contributed by atoms with Crippen molar-refractivity contribution in [2.24, 2.45) is 0 Å². The van der Waals surface area contributed by atoms with E-state index in [-0.39, 0.29) is 0 Å². The molecule has 0 bridgehead atoms. The van der Waals surface area contributed by atoms with Crippen LogP contribution in [-0.2, 0) is 4.74 Å². The largest absolute Gasteiger partial charge is 0.486 e. The van der Waals surface area contributed by atoms with Gasteiger partial charge in [-0.1, -0.05) is 31.4 Å². The van der Waals surface area contributed by atoms with Crippen molar-refractivity contribution in [1.29, 1.82) is 0 Å². The first kappa shape index (κ1) is 9.87. The third-order valence-corrected chi connectivity index (χ3v) is 1.69. The molecular formula is C10H12BNO. The molecule has 0 aliphatic carbocycles. The van der Waals surface area contributed by atoms with Crippen molar-refractivity contribution in [3.05, 3.63) is 48.8 Å². The third-order valence-electron chi connectivity index (χ3n) is 1.69. The number of rotatable bonds is 3. The Hall–Kier alpha value is -1.22. The van der Waals surface area contributed by atoms with Gasteiger partial charge in [-0.25, -0.2) is 0 Å². The molecule has 0 spiro atoms. The zero-order valence-electron chi connectivity index (χ0n) is 7.49. The van der Waals surface area contributed by atoms with E-state index in [2.05, 4.69) is 18.5 Å². The molecule has 66 valence electrons. The summed E-state index contributed by atoms with van der Waals surface area (Å²) in [5, 5.41) is 2.96. The maximum absolute atomic E-state index is 5.55. The van der Waals surface area contributed by atoms with Crippen LogP contribution in [-0.4, -0.2) is 20.5 Å². The standard InChI is InChI=1S/C10H12BNO/c1-3-5-6-9-8(4-2)7-12-10(11)13-9/h3-6,10,12H,1-2,7H2/b6-5-. The van der Waals surface area contributed by atoms with Crippen molar-refractivity contribution in [1.82, 2.24) is 5.32 Å². The van der Waals surface area contributed by atoms with Gasteiger partial charge in [0.25, 0.3) is 0 Å². The van der Waals surface area contributed by atoms with E-state index in [1.807, 2.05) is 6.08 Å². The zero-order valence-corrected chi connectivity index (χ0v) is 7.49. The molecule has 0 aromatic carbocycles. The van der Waals surface area contributed by atoms with Crippen LogP contribution in [0, 0.1) is 0 Å². The van der Waals surface area contributed by atoms with E-state index in [0.29, 0.717) is 6.54 Å². The predicted molar refractivity (Wildman–Crippen MR) is 55.2 cm³/mol. The number of nitrogens with one attached hydrogen (secondary N) is 1. The van der Waals surface area contributed by atoms with Crippen LogP contribution in [0.3, 0.4) is 0 Å². The molecule has 1 unspecified atom stereocenters. The number of ether oxygens (including phenoxy) is 1. The highest BCUT2D eigenvalue weighted by Crippen LogP contribution is 2.14. The SMILES string of the molecule is [B]C1NCC(C=C)=C(/C=C\C=C)O1. The Morgan fingerprint density at radius 2 is 2.31 bits per heavy atom. The minimum Gasteiger partial charge on any atom is -0.486 e. The highest BCUT2D eigenvalue weighted by Gasteiger charge is 2.13. The zero-order chi connectivity index (χ0) is 9.68. The summed E-state index contributed by atoms with van der Waals surface area (Å²) in [4.78, 5) is 0. The van der Waals surface area contributed by atoms with Crippen molar-refractivity contribution in [2.75, 3.05) is 6.54 Å². The molecule has 0 aromatic heterocycles. The molecule has 1 N–H and O–H groups in total. The second-order valence-electron chi connectivity index (χ2n) is 2.61. The van der Waals surface area contributed by atoms with Gasteiger partial charge in [0.2, 0.25) is 0 Å². The van der Waals surface area contributed by atoms with Crippen LogP contribution in [0.2, 0.25) is 0 Å². The van der Waals surface area contributed by atoms with Crippen molar-refractivity contribution < 1.29 is 4.74 Å². The number of hydrogen-bond donors (Lipinski definition) is 1. The Balaban J connectivity index is 2.83. The van der Waals surface area contributed by atoms with Gasteiger partial charge in [-0.15, -0.1) is 0 Å². The van der Waals surface area contributed by atoms with Crippen LogP contribution in [0.25, 0.3) is 0 Å². The van der Waals surface area contributed by atoms with Gasteiger partial charge < -0.3 is 4.74 Å². The Bertz CT molecular complexity index is 268. The Morgan fingerprint density at radius 1 is 1.54 bits per heavy atom. The summed E-state index contributed by atoms with van der Waals surface area (Å²) in [7, 11) is 5.55. The van der Waals surface area contributed by atoms with E-state index in [1.165, 1.54) is 0 Å². The fourth-order valence-electron chi connectivity index (χ4n) is 1.03. The molecule has 13 heavy (non-hydrogen) atoms. The van der Waals surface area contributed by atoms with Crippen molar-refractivity contribution >= 4 is 7.85 Å². The molecule has 0 saturated heterocycles. The highest BCUT2D eigenvalue weighted by molar-refractivity contribution is 6.10. The fourth-order valence-corrected chi connectivity index (χ4v) is 1.03. The van der Waals surface area contributed by atoms with Crippen LogP contribution in [0.15, 0.2) is 48.8 Å². The van der Waals surface area contributed by atoms with E-state index in [1.54, 1.807) is 18.2 Å². The summed E-state index contributed by atoms with van der Waals surface area (Å²) >= 11 is 0. The molecule has 0 fully saturated rings. The van der Waals surface area contributed by atoms with Gasteiger partial charge in [0.05, 0.1) is 0 Å². The second kappa shape index (κ2) is 4.72. The average Bonchev–Trinajstić information content (AvgIpc) is 2.15. The molecule has 1 aliphatic rings. The summed E-state index contributed by atoms with van der Waals surface area (Å²) in [6, 6.07) is 0. The molecule has 2 nitrogen and oxygen atoms in total. The van der Waals surface area contributed by atoms with E-state index < -0.39 is 6.13 Å². The Kier molecular flexibility index (Phi) is 3.59. The van der Waals surface area contributed by atoms with Crippen LogP contribution in [0.5, 0.6) is 0 Å². The summed E-state index contributed by atoms with van der Waals surface area (Å²) in [5.41, 5.74) is 1.000. The molecule has 3 heteroatoms. The van der Waals surface area contributed by atoms with Crippen LogP contribution >= 0.6 is 0 Å². The first-order valence-electron chi connectivity index (χ1n) is 4.08.